The van der Waals surface area contributed by atoms with Crippen molar-refractivity contribution in [3.63, 3.8) is 0 Å². The Bertz CT molecular complexity index is 595. The first-order valence-electron chi connectivity index (χ1n) is 5.81. The average Bonchev–Trinajstić information content (AvgIpc) is 2.81. The van der Waals surface area contributed by atoms with Crippen LogP contribution >= 0.6 is 0 Å². The van der Waals surface area contributed by atoms with Gasteiger partial charge in [0.05, 0.1) is 0 Å². The number of aliphatic hydroxyl groups excluding tert-OH is 1. The molecule has 0 spiro atoms. The van der Waals surface area contributed by atoms with Gasteiger partial charge in [-0.3, -0.25) is 0 Å². The third-order valence-electron chi connectivity index (χ3n) is 2.70. The first-order chi connectivity index (χ1) is 9.13. The fourth-order valence-corrected chi connectivity index (χ4v) is 1.80. The van der Waals surface area contributed by atoms with Gasteiger partial charge in [-0.05, 0) is 25.0 Å². The van der Waals surface area contributed by atoms with Crippen LogP contribution in [0.1, 0.15) is 22.5 Å². The van der Waals surface area contributed by atoms with Crippen LogP contribution in [0.4, 0.5) is 4.39 Å². The minimum absolute atomic E-state index is 0.0378. The highest BCUT2D eigenvalue weighted by atomic mass is 19.1. The zero-order valence-corrected chi connectivity index (χ0v) is 10.1. The maximum Gasteiger partial charge on any atom is 0.356 e. The summed E-state index contributed by atoms with van der Waals surface area (Å²) in [5.74, 6) is -1.64. The number of carbonyl (C=O) groups is 1. The molecule has 0 aliphatic carbocycles. The number of carboxylic acids is 1. The summed E-state index contributed by atoms with van der Waals surface area (Å²) in [5, 5.41) is 21.7. The van der Waals surface area contributed by atoms with Crippen LogP contribution in [0.25, 0.3) is 5.69 Å². The monoisotopic (exact) mass is 264 g/mol. The molecule has 0 saturated carbocycles. The Morgan fingerprint density at radius 3 is 2.74 bits per heavy atom. The summed E-state index contributed by atoms with van der Waals surface area (Å²) in [7, 11) is 0. The number of para-hydroxylation sites is 1. The average molecular weight is 264 g/mol. The van der Waals surface area contributed by atoms with E-state index in [1.807, 2.05) is 0 Å². The third kappa shape index (κ3) is 2.79. The maximum atomic E-state index is 13.6. The van der Waals surface area contributed by atoms with Crippen LogP contribution in [0.2, 0.25) is 0 Å². The highest BCUT2D eigenvalue weighted by molar-refractivity contribution is 5.87. The quantitative estimate of drug-likeness (QED) is 0.860. The third-order valence-corrected chi connectivity index (χ3v) is 2.70. The Morgan fingerprint density at radius 1 is 1.37 bits per heavy atom. The molecule has 19 heavy (non-hydrogen) atoms. The fraction of sp³-hybridized carbons (Fsp3) is 0.231. The summed E-state index contributed by atoms with van der Waals surface area (Å²) in [6.07, 6.45) is 2.30. The van der Waals surface area contributed by atoms with Crippen LogP contribution < -0.4 is 0 Å². The first kappa shape index (κ1) is 13.2. The number of carboxylic acid groups (broad SMARTS) is 1. The molecule has 1 aromatic carbocycles. The predicted octanol–water partition coefficient (Wildman–Crippen LogP) is 1.63. The normalized spacial score (nSPS) is 10.6. The van der Waals surface area contributed by atoms with Gasteiger partial charge in [-0.25, -0.2) is 13.9 Å². The van der Waals surface area contributed by atoms with E-state index < -0.39 is 11.8 Å². The lowest BCUT2D eigenvalue weighted by molar-refractivity contribution is 0.0688. The smallest absolute Gasteiger partial charge is 0.356 e. The highest BCUT2D eigenvalue weighted by Crippen LogP contribution is 2.16. The lowest BCUT2D eigenvalue weighted by atomic mass is 10.1. The van der Waals surface area contributed by atoms with Gasteiger partial charge in [0, 0.05) is 18.4 Å². The molecule has 2 aromatic rings. The number of benzene rings is 1. The molecule has 0 aliphatic rings. The van der Waals surface area contributed by atoms with E-state index in [1.54, 1.807) is 12.1 Å². The molecular weight excluding hydrogens is 251 g/mol. The molecule has 0 aliphatic heterocycles. The molecular formula is C13H13FN2O3. The summed E-state index contributed by atoms with van der Waals surface area (Å²) in [6.45, 7) is -0.0378. The van der Waals surface area contributed by atoms with Gasteiger partial charge in [-0.15, -0.1) is 0 Å². The molecule has 1 heterocycles. The van der Waals surface area contributed by atoms with E-state index in [-0.39, 0.29) is 18.0 Å². The standard InChI is InChI=1S/C13H13FN2O3/c14-10-5-1-2-6-11(10)16-8-9(4-3-7-17)12(15-16)13(18)19/h1-2,5-6,8,17H,3-4,7H2,(H,18,19). The summed E-state index contributed by atoms with van der Waals surface area (Å²) in [5.41, 5.74) is 0.557. The Kier molecular flexibility index (Phi) is 3.91. The summed E-state index contributed by atoms with van der Waals surface area (Å²) in [6, 6.07) is 6.00. The van der Waals surface area contributed by atoms with Gasteiger partial charge in [-0.1, -0.05) is 12.1 Å². The van der Waals surface area contributed by atoms with E-state index in [0.29, 0.717) is 18.4 Å². The van der Waals surface area contributed by atoms with Gasteiger partial charge in [0.2, 0.25) is 0 Å². The van der Waals surface area contributed by atoms with Crippen molar-refractivity contribution >= 4 is 5.97 Å². The van der Waals surface area contributed by atoms with Crippen molar-refractivity contribution < 1.29 is 19.4 Å². The number of aromatic nitrogens is 2. The second-order valence-corrected chi connectivity index (χ2v) is 4.03. The number of nitrogens with zero attached hydrogens (tertiary/aromatic N) is 2. The topological polar surface area (TPSA) is 75.3 Å². The summed E-state index contributed by atoms with van der Waals surface area (Å²) < 4.78 is 14.8. The molecule has 5 nitrogen and oxygen atoms in total. The van der Waals surface area contributed by atoms with Gasteiger partial charge in [-0.2, -0.15) is 5.10 Å². The van der Waals surface area contributed by atoms with Crippen molar-refractivity contribution in [2.24, 2.45) is 0 Å². The van der Waals surface area contributed by atoms with Crippen LogP contribution in [0.3, 0.4) is 0 Å². The van der Waals surface area contributed by atoms with E-state index >= 15 is 0 Å². The molecule has 0 unspecified atom stereocenters. The van der Waals surface area contributed by atoms with E-state index in [1.165, 1.54) is 23.0 Å². The van der Waals surface area contributed by atoms with Crippen LogP contribution in [0.5, 0.6) is 0 Å². The van der Waals surface area contributed by atoms with Crippen molar-refractivity contribution in [1.29, 1.82) is 0 Å². The fourth-order valence-electron chi connectivity index (χ4n) is 1.80. The second kappa shape index (κ2) is 5.62. The Morgan fingerprint density at radius 2 is 2.11 bits per heavy atom. The molecule has 0 atom stereocenters. The van der Waals surface area contributed by atoms with E-state index in [2.05, 4.69) is 5.10 Å². The number of hydrogen-bond acceptors (Lipinski definition) is 3. The number of aromatic carboxylic acids is 1. The number of rotatable bonds is 5. The van der Waals surface area contributed by atoms with Crippen LogP contribution in [0.15, 0.2) is 30.5 Å². The van der Waals surface area contributed by atoms with E-state index in [4.69, 9.17) is 10.2 Å². The summed E-state index contributed by atoms with van der Waals surface area (Å²) in [4.78, 5) is 11.1. The minimum Gasteiger partial charge on any atom is -0.476 e. The zero-order valence-electron chi connectivity index (χ0n) is 10.1. The SMILES string of the molecule is O=C(O)c1nn(-c2ccccc2F)cc1CCCO. The molecule has 0 radical (unpaired) electrons. The van der Waals surface area contributed by atoms with Crippen LogP contribution in [0, 0.1) is 5.82 Å². The molecule has 0 amide bonds. The predicted molar refractivity (Wildman–Crippen MR) is 65.9 cm³/mol. The van der Waals surface area contributed by atoms with Gasteiger partial charge in [0.1, 0.15) is 11.5 Å². The second-order valence-electron chi connectivity index (χ2n) is 4.03. The van der Waals surface area contributed by atoms with E-state index in [0.717, 1.165) is 0 Å². The molecule has 100 valence electrons. The highest BCUT2D eigenvalue weighted by Gasteiger charge is 2.17. The number of aliphatic hydroxyl groups is 1. The van der Waals surface area contributed by atoms with Gasteiger partial charge in [0.25, 0.3) is 0 Å². The van der Waals surface area contributed by atoms with Crippen molar-refractivity contribution in [2.45, 2.75) is 12.8 Å². The molecule has 0 fully saturated rings. The number of halogens is 1. The molecule has 6 heteroatoms. The van der Waals surface area contributed by atoms with E-state index in [9.17, 15) is 9.18 Å². The van der Waals surface area contributed by atoms with Crippen LogP contribution in [-0.4, -0.2) is 32.6 Å². The summed E-state index contributed by atoms with van der Waals surface area (Å²) >= 11 is 0. The number of hydrogen-bond donors (Lipinski definition) is 2. The molecule has 1 aromatic heterocycles. The Balaban J connectivity index is 2.43. The molecule has 2 rings (SSSR count). The van der Waals surface area contributed by atoms with Crippen molar-refractivity contribution in [3.05, 3.63) is 47.5 Å². The lowest BCUT2D eigenvalue weighted by Crippen LogP contribution is -2.04. The Hall–Kier alpha value is -2.21. The Labute approximate surface area is 108 Å². The van der Waals surface area contributed by atoms with Crippen molar-refractivity contribution in [2.75, 3.05) is 6.61 Å². The zero-order chi connectivity index (χ0) is 13.8. The lowest BCUT2D eigenvalue weighted by Gasteiger charge is -2.01. The van der Waals surface area contributed by atoms with Crippen molar-refractivity contribution in [3.8, 4) is 5.69 Å². The van der Waals surface area contributed by atoms with Crippen LogP contribution in [-0.2, 0) is 6.42 Å². The maximum absolute atomic E-state index is 13.6. The molecule has 2 N–H and O–H groups in total. The van der Waals surface area contributed by atoms with Gasteiger partial charge < -0.3 is 10.2 Å². The first-order valence-corrected chi connectivity index (χ1v) is 5.81. The largest absolute Gasteiger partial charge is 0.476 e. The molecule has 0 saturated heterocycles. The minimum atomic E-state index is -1.16. The van der Waals surface area contributed by atoms with Gasteiger partial charge >= 0.3 is 5.97 Å². The van der Waals surface area contributed by atoms with Gasteiger partial charge in [0.15, 0.2) is 5.69 Å². The van der Waals surface area contributed by atoms with Crippen molar-refractivity contribution in [1.82, 2.24) is 9.78 Å². The molecule has 0 bridgehead atoms. The number of aryl methyl sites for hydroxylation is 1.